The van der Waals surface area contributed by atoms with E-state index >= 15 is 0 Å². The van der Waals surface area contributed by atoms with Crippen LogP contribution in [0.1, 0.15) is 32.1 Å². The van der Waals surface area contributed by atoms with Crippen LogP contribution in [0.2, 0.25) is 0 Å². The molecule has 1 aliphatic rings. The van der Waals surface area contributed by atoms with Crippen molar-refractivity contribution in [2.75, 3.05) is 0 Å². The summed E-state index contributed by atoms with van der Waals surface area (Å²) in [6.45, 7) is 0. The van der Waals surface area contributed by atoms with Crippen LogP contribution < -0.4 is 5.14 Å². The molecule has 0 amide bonds. The Labute approximate surface area is 75.3 Å². The molecule has 0 aliphatic heterocycles. The summed E-state index contributed by atoms with van der Waals surface area (Å²) in [4.78, 5) is 0. The van der Waals surface area contributed by atoms with E-state index in [1.807, 2.05) is 0 Å². The van der Waals surface area contributed by atoms with Crippen LogP contribution in [0.4, 0.5) is 0 Å². The van der Waals surface area contributed by atoms with Crippen LogP contribution in [0.15, 0.2) is 0 Å². The van der Waals surface area contributed by atoms with E-state index in [1.54, 1.807) is 11.9 Å². The first-order valence-corrected chi connectivity index (χ1v) is 5.34. The molecule has 3 nitrogen and oxygen atoms in total. The molecule has 1 aliphatic carbocycles. The Morgan fingerprint density at radius 2 is 1.73 bits per heavy atom. The Bertz CT molecular complexity index is 120. The standard InChI is InChI=1S/C6H13NS.HNOS/c7-8-6-4-2-1-3-5-6;1-3-2/h6H,1-5,7H2;1H. The van der Waals surface area contributed by atoms with Crippen molar-refractivity contribution >= 4 is 23.4 Å². The van der Waals surface area contributed by atoms with Gasteiger partial charge in [0.25, 0.3) is 0 Å². The monoisotopic (exact) mass is 194 g/mol. The minimum absolute atomic E-state index is 0.250. The number of hydrogen-bond donors (Lipinski definition) is 2. The first kappa shape index (κ1) is 11.1. The maximum absolute atomic E-state index is 8.51. The van der Waals surface area contributed by atoms with E-state index in [4.69, 9.17) is 14.1 Å². The van der Waals surface area contributed by atoms with Crippen LogP contribution in [0.3, 0.4) is 0 Å². The third-order valence-electron chi connectivity index (χ3n) is 1.74. The van der Waals surface area contributed by atoms with Crippen LogP contribution >= 0.6 is 11.9 Å². The molecule has 0 aromatic rings. The third-order valence-corrected chi connectivity index (χ3v) is 2.60. The fourth-order valence-corrected chi connectivity index (χ4v) is 1.81. The lowest BCUT2D eigenvalue weighted by atomic mass is 10.0. The van der Waals surface area contributed by atoms with E-state index in [0.717, 1.165) is 5.25 Å². The van der Waals surface area contributed by atoms with Crippen LogP contribution in [-0.2, 0) is 11.5 Å². The molecular weight excluding hydrogens is 180 g/mol. The summed E-state index contributed by atoms with van der Waals surface area (Å²) in [6, 6.07) is 0. The first-order valence-electron chi connectivity index (χ1n) is 3.66. The lowest BCUT2D eigenvalue weighted by Crippen LogP contribution is -2.09. The SMILES string of the molecule is N=S=O.NSC1CCCCC1. The smallest absolute Gasteiger partial charge is 0.196 e. The zero-order chi connectivity index (χ0) is 8.53. The van der Waals surface area contributed by atoms with Gasteiger partial charge in [0.2, 0.25) is 0 Å². The van der Waals surface area contributed by atoms with Gasteiger partial charge in [-0.2, -0.15) is 4.21 Å². The second kappa shape index (κ2) is 8.23. The molecule has 0 unspecified atom stereocenters. The molecule has 1 rings (SSSR count). The van der Waals surface area contributed by atoms with Crippen LogP contribution in [0.25, 0.3) is 0 Å². The van der Waals surface area contributed by atoms with Crippen molar-refractivity contribution in [3.05, 3.63) is 0 Å². The maximum atomic E-state index is 8.51. The second-order valence-corrected chi connectivity index (χ2v) is 3.58. The van der Waals surface area contributed by atoms with Crippen molar-refractivity contribution in [3.8, 4) is 0 Å². The summed E-state index contributed by atoms with van der Waals surface area (Å²) in [5.41, 5.74) is 0. The van der Waals surface area contributed by atoms with Gasteiger partial charge in [-0.3, -0.25) is 5.14 Å². The highest BCUT2D eigenvalue weighted by Gasteiger charge is 2.10. The quantitative estimate of drug-likeness (QED) is 0.626. The van der Waals surface area contributed by atoms with Crippen LogP contribution in [0, 0.1) is 4.78 Å². The number of rotatable bonds is 1. The molecule has 11 heavy (non-hydrogen) atoms. The van der Waals surface area contributed by atoms with Crippen molar-refractivity contribution in [1.82, 2.24) is 0 Å². The topological polar surface area (TPSA) is 66.9 Å². The van der Waals surface area contributed by atoms with E-state index < -0.39 is 0 Å². The van der Waals surface area contributed by atoms with Crippen molar-refractivity contribution < 1.29 is 4.21 Å². The average Bonchev–Trinajstić information content (AvgIpc) is 2.08. The van der Waals surface area contributed by atoms with Gasteiger partial charge in [0.15, 0.2) is 11.5 Å². The van der Waals surface area contributed by atoms with Gasteiger partial charge in [-0.05, 0) is 12.8 Å². The first-order chi connectivity index (χ1) is 5.35. The highest BCUT2D eigenvalue weighted by Crippen LogP contribution is 2.24. The van der Waals surface area contributed by atoms with Crippen molar-refractivity contribution in [2.45, 2.75) is 37.4 Å². The average molecular weight is 194 g/mol. The molecule has 0 heterocycles. The van der Waals surface area contributed by atoms with Gasteiger partial charge >= 0.3 is 0 Å². The largest absolute Gasteiger partial charge is 0.278 e. The Morgan fingerprint density at radius 3 is 2.00 bits per heavy atom. The summed E-state index contributed by atoms with van der Waals surface area (Å²) >= 11 is 1.30. The lowest BCUT2D eigenvalue weighted by Gasteiger charge is -2.17. The predicted molar refractivity (Wildman–Crippen MR) is 49.5 cm³/mol. The molecule has 0 aromatic carbocycles. The second-order valence-electron chi connectivity index (χ2n) is 2.48. The maximum Gasteiger partial charge on any atom is 0.196 e. The van der Waals surface area contributed by atoms with Gasteiger partial charge in [0.05, 0.1) is 0 Å². The fraction of sp³-hybridized carbons (Fsp3) is 1.00. The Morgan fingerprint density at radius 1 is 1.27 bits per heavy atom. The van der Waals surface area contributed by atoms with Crippen molar-refractivity contribution in [1.29, 1.82) is 4.78 Å². The molecule has 66 valence electrons. The Kier molecular flexibility index (Phi) is 8.33. The van der Waals surface area contributed by atoms with Gasteiger partial charge in [-0.1, -0.05) is 31.2 Å². The van der Waals surface area contributed by atoms with E-state index in [0.29, 0.717) is 0 Å². The minimum Gasteiger partial charge on any atom is -0.278 e. The summed E-state index contributed by atoms with van der Waals surface area (Å²) in [6.07, 6.45) is 6.92. The number of hydrogen-bond acceptors (Lipinski definition) is 4. The molecule has 5 heteroatoms. The van der Waals surface area contributed by atoms with E-state index in [-0.39, 0.29) is 11.5 Å². The van der Waals surface area contributed by atoms with Gasteiger partial charge in [0, 0.05) is 5.25 Å². The Hall–Kier alpha value is 0.130. The third kappa shape index (κ3) is 6.52. The van der Waals surface area contributed by atoms with E-state index in [9.17, 15) is 0 Å². The number of nitrogens with one attached hydrogen (secondary N) is 1. The molecular formula is C6H14N2OS2. The Balaban J connectivity index is 0.000000292. The molecule has 0 atom stereocenters. The zero-order valence-electron chi connectivity index (χ0n) is 6.41. The van der Waals surface area contributed by atoms with E-state index in [1.165, 1.54) is 32.1 Å². The molecule has 1 saturated carbocycles. The van der Waals surface area contributed by atoms with Gasteiger partial charge in [0.1, 0.15) is 0 Å². The van der Waals surface area contributed by atoms with Gasteiger partial charge in [-0.25, -0.2) is 4.78 Å². The molecule has 0 aromatic heterocycles. The molecule has 1 fully saturated rings. The summed E-state index contributed by atoms with van der Waals surface area (Å²) in [5.74, 6) is 0. The molecule has 0 spiro atoms. The normalized spacial score (nSPS) is 18.3. The minimum atomic E-state index is -0.250. The van der Waals surface area contributed by atoms with Crippen molar-refractivity contribution in [2.24, 2.45) is 5.14 Å². The summed E-state index contributed by atoms with van der Waals surface area (Å²) < 4.78 is 14.1. The molecule has 0 radical (unpaired) electrons. The van der Waals surface area contributed by atoms with Crippen molar-refractivity contribution in [3.63, 3.8) is 0 Å². The summed E-state index contributed by atoms with van der Waals surface area (Å²) in [5, 5.41) is 6.20. The summed E-state index contributed by atoms with van der Waals surface area (Å²) in [7, 11) is 0. The lowest BCUT2D eigenvalue weighted by molar-refractivity contribution is 0.516. The molecule has 0 bridgehead atoms. The highest BCUT2D eigenvalue weighted by molar-refractivity contribution is 7.97. The van der Waals surface area contributed by atoms with Gasteiger partial charge < -0.3 is 0 Å². The molecule has 3 N–H and O–H groups in total. The fourth-order valence-electron chi connectivity index (χ4n) is 1.20. The van der Waals surface area contributed by atoms with Crippen LogP contribution in [0.5, 0.6) is 0 Å². The van der Waals surface area contributed by atoms with Crippen LogP contribution in [-0.4, -0.2) is 9.46 Å². The van der Waals surface area contributed by atoms with E-state index in [2.05, 4.69) is 0 Å². The van der Waals surface area contributed by atoms with Gasteiger partial charge in [-0.15, -0.1) is 0 Å². The molecule has 0 saturated heterocycles. The zero-order valence-corrected chi connectivity index (χ0v) is 8.05. The predicted octanol–water partition coefficient (Wildman–Crippen LogP) is 1.89. The highest BCUT2D eigenvalue weighted by atomic mass is 32.2. The number of nitrogens with two attached hydrogens (primary N) is 1.